The molecular weight excluding hydrogens is 238 g/mol. The summed E-state index contributed by atoms with van der Waals surface area (Å²) < 4.78 is 6.49. The summed E-state index contributed by atoms with van der Waals surface area (Å²) in [5, 5.41) is 15.2. The highest BCUT2D eigenvalue weighted by Crippen LogP contribution is 2.08. The molecule has 0 radical (unpaired) electrons. The van der Waals surface area contributed by atoms with E-state index < -0.39 is 11.9 Å². The fourth-order valence-electron chi connectivity index (χ4n) is 1.40. The topological polar surface area (TPSA) is 97.4 Å². The molecule has 7 heteroatoms. The molecule has 94 valence electrons. The van der Waals surface area contributed by atoms with Crippen molar-refractivity contribution in [3.8, 4) is 0 Å². The summed E-state index contributed by atoms with van der Waals surface area (Å²) >= 11 is 0. The molecule has 2 rings (SSSR count). The van der Waals surface area contributed by atoms with Gasteiger partial charge in [0.1, 0.15) is 6.26 Å². The van der Waals surface area contributed by atoms with E-state index in [4.69, 9.17) is 9.52 Å². The van der Waals surface area contributed by atoms with Gasteiger partial charge in [-0.25, -0.2) is 4.79 Å². The number of carboxylic acids is 1. The number of carboxylic acid groups (broad SMARTS) is 1. The molecule has 0 aliphatic heterocycles. The average Bonchev–Trinajstić information content (AvgIpc) is 2.94. The van der Waals surface area contributed by atoms with Gasteiger partial charge in [0.2, 0.25) is 0 Å². The number of carbonyl (C=O) groups excluding carboxylic acids is 1. The summed E-state index contributed by atoms with van der Waals surface area (Å²) in [5.74, 6) is -1.63. The van der Waals surface area contributed by atoms with Crippen LogP contribution in [0.5, 0.6) is 0 Å². The number of furan rings is 1. The van der Waals surface area contributed by atoms with Crippen molar-refractivity contribution in [3.63, 3.8) is 0 Å². The Balaban J connectivity index is 1.97. The Hall–Kier alpha value is -2.57. The van der Waals surface area contributed by atoms with Gasteiger partial charge in [-0.05, 0) is 0 Å². The van der Waals surface area contributed by atoms with E-state index in [1.54, 1.807) is 24.1 Å². The molecule has 0 aliphatic rings. The Morgan fingerprint density at radius 2 is 2.33 bits per heavy atom. The van der Waals surface area contributed by atoms with Gasteiger partial charge in [-0.2, -0.15) is 5.10 Å². The summed E-state index contributed by atoms with van der Waals surface area (Å²) in [4.78, 5) is 22.3. The van der Waals surface area contributed by atoms with Crippen LogP contribution in [-0.4, -0.2) is 26.8 Å². The van der Waals surface area contributed by atoms with Crippen molar-refractivity contribution in [2.75, 3.05) is 0 Å². The molecule has 0 aromatic carbocycles. The molecule has 0 unspecified atom stereocenters. The Kier molecular flexibility index (Phi) is 3.13. The summed E-state index contributed by atoms with van der Waals surface area (Å²) in [6.45, 7) is 0.301. The number of nitrogens with zero attached hydrogens (tertiary/aromatic N) is 2. The molecule has 0 aliphatic carbocycles. The number of hydrogen-bond acceptors (Lipinski definition) is 4. The number of aromatic carboxylic acids is 1. The summed E-state index contributed by atoms with van der Waals surface area (Å²) in [6.07, 6.45) is 4.43. The minimum atomic E-state index is -1.13. The van der Waals surface area contributed by atoms with E-state index in [0.29, 0.717) is 6.54 Å². The zero-order valence-corrected chi connectivity index (χ0v) is 9.58. The molecular formula is C11H11N3O4. The Morgan fingerprint density at radius 1 is 1.56 bits per heavy atom. The van der Waals surface area contributed by atoms with E-state index >= 15 is 0 Å². The summed E-state index contributed by atoms with van der Waals surface area (Å²) in [7, 11) is 1.77. The molecule has 2 heterocycles. The number of amides is 1. The van der Waals surface area contributed by atoms with Crippen LogP contribution in [0.2, 0.25) is 0 Å². The van der Waals surface area contributed by atoms with Crippen LogP contribution in [0.1, 0.15) is 26.5 Å². The Bertz CT molecular complexity index is 585. The number of carbonyl (C=O) groups is 2. The quantitative estimate of drug-likeness (QED) is 0.828. The molecule has 18 heavy (non-hydrogen) atoms. The smallest absolute Gasteiger partial charge is 0.338 e. The molecule has 0 fully saturated rings. The van der Waals surface area contributed by atoms with Crippen molar-refractivity contribution in [3.05, 3.63) is 41.6 Å². The highest BCUT2D eigenvalue weighted by molar-refractivity contribution is 5.95. The molecule has 2 aromatic heterocycles. The third-order valence-corrected chi connectivity index (χ3v) is 2.28. The van der Waals surface area contributed by atoms with Gasteiger partial charge in [-0.3, -0.25) is 9.48 Å². The van der Waals surface area contributed by atoms with Crippen molar-refractivity contribution in [1.82, 2.24) is 15.1 Å². The highest BCUT2D eigenvalue weighted by Gasteiger charge is 2.14. The number of aryl methyl sites for hydroxylation is 1. The van der Waals surface area contributed by atoms with Gasteiger partial charge in [0.15, 0.2) is 5.76 Å². The lowest BCUT2D eigenvalue weighted by Gasteiger charge is -1.99. The SMILES string of the molecule is Cn1cc(CNC(=O)c2cc(C(=O)O)co2)cn1. The van der Waals surface area contributed by atoms with Crippen LogP contribution in [-0.2, 0) is 13.6 Å². The first-order chi connectivity index (χ1) is 8.56. The zero-order valence-electron chi connectivity index (χ0n) is 9.58. The predicted molar refractivity (Wildman–Crippen MR) is 60.0 cm³/mol. The number of nitrogens with one attached hydrogen (secondary N) is 1. The van der Waals surface area contributed by atoms with Crippen LogP contribution in [0.25, 0.3) is 0 Å². The first kappa shape index (κ1) is 11.9. The molecule has 0 saturated carbocycles. The first-order valence-electron chi connectivity index (χ1n) is 5.14. The molecule has 0 saturated heterocycles. The fourth-order valence-corrected chi connectivity index (χ4v) is 1.40. The number of hydrogen-bond donors (Lipinski definition) is 2. The number of aromatic nitrogens is 2. The van der Waals surface area contributed by atoms with Crippen LogP contribution < -0.4 is 5.32 Å². The molecule has 2 aromatic rings. The minimum Gasteiger partial charge on any atom is -0.478 e. The van der Waals surface area contributed by atoms with Crippen molar-refractivity contribution in [1.29, 1.82) is 0 Å². The lowest BCUT2D eigenvalue weighted by Crippen LogP contribution is -2.22. The van der Waals surface area contributed by atoms with Crippen LogP contribution in [0.15, 0.2) is 29.1 Å². The largest absolute Gasteiger partial charge is 0.478 e. The van der Waals surface area contributed by atoms with Crippen molar-refractivity contribution in [2.45, 2.75) is 6.54 Å². The maximum atomic E-state index is 11.6. The second-order valence-electron chi connectivity index (χ2n) is 3.71. The van der Waals surface area contributed by atoms with Crippen molar-refractivity contribution < 1.29 is 19.1 Å². The third kappa shape index (κ3) is 2.57. The second kappa shape index (κ2) is 4.74. The van der Waals surface area contributed by atoms with E-state index in [1.165, 1.54) is 6.07 Å². The molecule has 1 amide bonds. The standard InChI is InChI=1S/C11H11N3O4/c1-14-5-7(4-13-14)3-12-10(15)9-2-8(6-18-9)11(16)17/h2,4-6H,3H2,1H3,(H,12,15)(H,16,17). The van der Waals surface area contributed by atoms with E-state index in [-0.39, 0.29) is 11.3 Å². The first-order valence-corrected chi connectivity index (χ1v) is 5.14. The fraction of sp³-hybridized carbons (Fsp3) is 0.182. The lowest BCUT2D eigenvalue weighted by atomic mass is 10.3. The van der Waals surface area contributed by atoms with Gasteiger partial charge in [-0.1, -0.05) is 0 Å². The predicted octanol–water partition coefficient (Wildman–Crippen LogP) is 0.641. The summed E-state index contributed by atoms with van der Waals surface area (Å²) in [6, 6.07) is 1.18. The zero-order chi connectivity index (χ0) is 13.1. The van der Waals surface area contributed by atoms with Crippen LogP contribution >= 0.6 is 0 Å². The van der Waals surface area contributed by atoms with E-state index in [2.05, 4.69) is 10.4 Å². The van der Waals surface area contributed by atoms with E-state index in [9.17, 15) is 9.59 Å². The Labute approximate surface area is 102 Å². The van der Waals surface area contributed by atoms with Crippen molar-refractivity contribution in [2.24, 2.45) is 7.05 Å². The lowest BCUT2D eigenvalue weighted by molar-refractivity contribution is 0.0696. The Morgan fingerprint density at radius 3 is 2.89 bits per heavy atom. The van der Waals surface area contributed by atoms with Gasteiger partial charge in [0.05, 0.1) is 11.8 Å². The normalized spacial score (nSPS) is 10.3. The molecule has 2 N–H and O–H groups in total. The monoisotopic (exact) mass is 249 g/mol. The van der Waals surface area contributed by atoms with Crippen LogP contribution in [0, 0.1) is 0 Å². The minimum absolute atomic E-state index is 0.0312. The van der Waals surface area contributed by atoms with Crippen LogP contribution in [0.3, 0.4) is 0 Å². The van der Waals surface area contributed by atoms with E-state index in [1.807, 2.05) is 0 Å². The maximum Gasteiger partial charge on any atom is 0.338 e. The molecule has 7 nitrogen and oxygen atoms in total. The van der Waals surface area contributed by atoms with Gasteiger partial charge in [0, 0.05) is 31.4 Å². The van der Waals surface area contributed by atoms with Gasteiger partial charge >= 0.3 is 5.97 Å². The third-order valence-electron chi connectivity index (χ3n) is 2.28. The molecule has 0 bridgehead atoms. The van der Waals surface area contributed by atoms with Crippen LogP contribution in [0.4, 0.5) is 0 Å². The molecule has 0 spiro atoms. The van der Waals surface area contributed by atoms with Gasteiger partial charge in [0.25, 0.3) is 5.91 Å². The average molecular weight is 249 g/mol. The highest BCUT2D eigenvalue weighted by atomic mass is 16.4. The summed E-state index contributed by atoms with van der Waals surface area (Å²) in [5.41, 5.74) is 0.789. The van der Waals surface area contributed by atoms with E-state index in [0.717, 1.165) is 11.8 Å². The maximum absolute atomic E-state index is 11.6. The molecule has 0 atom stereocenters. The van der Waals surface area contributed by atoms with Crippen molar-refractivity contribution >= 4 is 11.9 Å². The van der Waals surface area contributed by atoms with Gasteiger partial charge in [-0.15, -0.1) is 0 Å². The van der Waals surface area contributed by atoms with Gasteiger partial charge < -0.3 is 14.8 Å². The second-order valence-corrected chi connectivity index (χ2v) is 3.71. The number of rotatable bonds is 4.